The van der Waals surface area contributed by atoms with Crippen LogP contribution in [-0.2, 0) is 6.54 Å². The second-order valence-electron chi connectivity index (χ2n) is 3.66. The van der Waals surface area contributed by atoms with E-state index in [9.17, 15) is 4.79 Å². The first-order valence-electron chi connectivity index (χ1n) is 5.38. The number of rotatable bonds is 4. The van der Waals surface area contributed by atoms with Crippen molar-refractivity contribution in [3.8, 4) is 11.5 Å². The molecular formula is C12H13ClN2O3. The van der Waals surface area contributed by atoms with E-state index in [1.165, 1.54) is 18.0 Å². The second kappa shape index (κ2) is 5.27. The van der Waals surface area contributed by atoms with Crippen molar-refractivity contribution in [1.82, 2.24) is 9.55 Å². The van der Waals surface area contributed by atoms with Crippen LogP contribution in [0, 0.1) is 0 Å². The topological polar surface area (TPSA) is 53.4 Å². The van der Waals surface area contributed by atoms with Crippen molar-refractivity contribution in [2.24, 2.45) is 0 Å². The fraction of sp³-hybridized carbons (Fsp3) is 0.333. The Morgan fingerprint density at radius 3 is 2.56 bits per heavy atom. The van der Waals surface area contributed by atoms with Gasteiger partial charge >= 0.3 is 0 Å². The summed E-state index contributed by atoms with van der Waals surface area (Å²) in [5.74, 6) is 1.42. The van der Waals surface area contributed by atoms with Gasteiger partial charge in [0.1, 0.15) is 0 Å². The largest absolute Gasteiger partial charge is 0.493 e. The van der Waals surface area contributed by atoms with Gasteiger partial charge < -0.3 is 9.47 Å². The molecule has 2 rings (SSSR count). The number of hydrogen-bond acceptors (Lipinski definition) is 4. The molecule has 18 heavy (non-hydrogen) atoms. The molecule has 0 saturated heterocycles. The van der Waals surface area contributed by atoms with Crippen molar-refractivity contribution in [3.05, 3.63) is 28.8 Å². The van der Waals surface area contributed by atoms with Crippen molar-refractivity contribution in [2.75, 3.05) is 20.1 Å². The van der Waals surface area contributed by atoms with Gasteiger partial charge in [0.25, 0.3) is 5.56 Å². The van der Waals surface area contributed by atoms with Crippen molar-refractivity contribution in [1.29, 1.82) is 0 Å². The number of alkyl halides is 1. The Labute approximate surface area is 109 Å². The molecule has 0 spiro atoms. The van der Waals surface area contributed by atoms with Crippen LogP contribution in [-0.4, -0.2) is 29.7 Å². The maximum absolute atomic E-state index is 12.2. The van der Waals surface area contributed by atoms with E-state index in [4.69, 9.17) is 21.1 Å². The number of aryl methyl sites for hydroxylation is 1. The van der Waals surface area contributed by atoms with Gasteiger partial charge in [-0.05, 0) is 6.07 Å². The van der Waals surface area contributed by atoms with Crippen LogP contribution in [0.3, 0.4) is 0 Å². The number of aromatic nitrogens is 2. The molecule has 6 heteroatoms. The van der Waals surface area contributed by atoms with Gasteiger partial charge in [0.2, 0.25) is 0 Å². The molecule has 0 saturated carbocycles. The van der Waals surface area contributed by atoms with Crippen LogP contribution in [0.25, 0.3) is 10.9 Å². The van der Waals surface area contributed by atoms with E-state index in [-0.39, 0.29) is 5.56 Å². The van der Waals surface area contributed by atoms with E-state index in [0.29, 0.717) is 34.8 Å². The minimum Gasteiger partial charge on any atom is -0.493 e. The van der Waals surface area contributed by atoms with Gasteiger partial charge in [0.15, 0.2) is 11.5 Å². The van der Waals surface area contributed by atoms with E-state index in [1.807, 2.05) is 0 Å². The number of nitrogens with zero attached hydrogens (tertiary/aromatic N) is 2. The van der Waals surface area contributed by atoms with E-state index in [0.717, 1.165) is 0 Å². The van der Waals surface area contributed by atoms with E-state index in [1.54, 1.807) is 19.2 Å². The molecule has 0 amide bonds. The van der Waals surface area contributed by atoms with Crippen molar-refractivity contribution >= 4 is 22.5 Å². The summed E-state index contributed by atoms with van der Waals surface area (Å²) >= 11 is 5.63. The van der Waals surface area contributed by atoms with Gasteiger partial charge in [-0.2, -0.15) is 0 Å². The zero-order valence-electron chi connectivity index (χ0n) is 10.1. The molecule has 0 aliphatic heterocycles. The second-order valence-corrected chi connectivity index (χ2v) is 4.03. The molecule has 0 atom stereocenters. The van der Waals surface area contributed by atoms with Gasteiger partial charge in [0.05, 0.1) is 31.4 Å². The number of methoxy groups -OCH3 is 2. The van der Waals surface area contributed by atoms with E-state index < -0.39 is 0 Å². The molecule has 1 heterocycles. The lowest BCUT2D eigenvalue weighted by Gasteiger charge is -2.09. The summed E-state index contributed by atoms with van der Waals surface area (Å²) in [4.78, 5) is 16.4. The molecule has 5 nitrogen and oxygen atoms in total. The molecule has 0 N–H and O–H groups in total. The summed E-state index contributed by atoms with van der Waals surface area (Å²) in [5, 5.41) is 0.486. The summed E-state index contributed by atoms with van der Waals surface area (Å²) in [7, 11) is 3.07. The normalized spacial score (nSPS) is 10.6. The van der Waals surface area contributed by atoms with Crippen LogP contribution < -0.4 is 15.0 Å². The average molecular weight is 269 g/mol. The van der Waals surface area contributed by atoms with Crippen LogP contribution in [0.5, 0.6) is 11.5 Å². The molecule has 0 fully saturated rings. The number of hydrogen-bond donors (Lipinski definition) is 0. The average Bonchev–Trinajstić information content (AvgIpc) is 2.41. The first-order valence-corrected chi connectivity index (χ1v) is 5.92. The fourth-order valence-corrected chi connectivity index (χ4v) is 1.92. The van der Waals surface area contributed by atoms with Gasteiger partial charge in [-0.1, -0.05) is 0 Å². The summed E-state index contributed by atoms with van der Waals surface area (Å²) in [5.41, 5.74) is 0.435. The lowest BCUT2D eigenvalue weighted by Crippen LogP contribution is -2.21. The summed E-state index contributed by atoms with van der Waals surface area (Å²) < 4.78 is 11.8. The first-order chi connectivity index (χ1) is 8.71. The fourth-order valence-electron chi connectivity index (χ4n) is 1.74. The number of halogens is 1. The van der Waals surface area contributed by atoms with Crippen molar-refractivity contribution in [2.45, 2.75) is 6.54 Å². The third kappa shape index (κ3) is 2.13. The van der Waals surface area contributed by atoms with Crippen molar-refractivity contribution in [3.63, 3.8) is 0 Å². The molecule has 96 valence electrons. The first kappa shape index (κ1) is 12.7. The molecule has 1 aromatic heterocycles. The Hall–Kier alpha value is -1.75. The molecule has 0 aliphatic carbocycles. The number of benzene rings is 1. The third-order valence-corrected chi connectivity index (χ3v) is 2.82. The van der Waals surface area contributed by atoms with Crippen LogP contribution in [0.2, 0.25) is 0 Å². The number of ether oxygens (including phenoxy) is 2. The zero-order chi connectivity index (χ0) is 13.1. The van der Waals surface area contributed by atoms with Crippen LogP contribution >= 0.6 is 11.6 Å². The van der Waals surface area contributed by atoms with Gasteiger partial charge in [-0.3, -0.25) is 9.36 Å². The smallest absolute Gasteiger partial charge is 0.261 e. The van der Waals surface area contributed by atoms with Gasteiger partial charge in [0, 0.05) is 18.5 Å². The zero-order valence-corrected chi connectivity index (χ0v) is 10.9. The van der Waals surface area contributed by atoms with Crippen LogP contribution in [0.4, 0.5) is 0 Å². The maximum atomic E-state index is 12.2. The molecule has 1 aromatic carbocycles. The Morgan fingerprint density at radius 1 is 1.28 bits per heavy atom. The Balaban J connectivity index is 2.70. The molecule has 0 aliphatic rings. The van der Waals surface area contributed by atoms with Gasteiger partial charge in [-0.25, -0.2) is 4.98 Å². The minimum absolute atomic E-state index is 0.137. The van der Waals surface area contributed by atoms with Crippen molar-refractivity contribution < 1.29 is 9.47 Å². The summed E-state index contributed by atoms with van der Waals surface area (Å²) in [6, 6.07) is 3.31. The van der Waals surface area contributed by atoms with E-state index in [2.05, 4.69) is 4.98 Å². The molecule has 0 radical (unpaired) electrons. The summed E-state index contributed by atoms with van der Waals surface area (Å²) in [6.45, 7) is 0.428. The van der Waals surface area contributed by atoms with Crippen LogP contribution in [0.1, 0.15) is 0 Å². The maximum Gasteiger partial charge on any atom is 0.261 e. The molecule has 0 bridgehead atoms. The number of fused-ring (bicyclic) bond motifs is 1. The highest BCUT2D eigenvalue weighted by molar-refractivity contribution is 6.17. The Bertz CT molecular complexity index is 624. The monoisotopic (exact) mass is 268 g/mol. The predicted molar refractivity (Wildman–Crippen MR) is 69.8 cm³/mol. The lowest BCUT2D eigenvalue weighted by molar-refractivity contribution is 0.355. The highest BCUT2D eigenvalue weighted by Crippen LogP contribution is 2.29. The Kier molecular flexibility index (Phi) is 3.72. The van der Waals surface area contributed by atoms with Crippen LogP contribution in [0.15, 0.2) is 23.3 Å². The molecular weight excluding hydrogens is 256 g/mol. The highest BCUT2D eigenvalue weighted by Gasteiger charge is 2.10. The third-order valence-electron chi connectivity index (χ3n) is 2.65. The quantitative estimate of drug-likeness (QED) is 0.792. The highest BCUT2D eigenvalue weighted by atomic mass is 35.5. The SMILES string of the molecule is COc1cc2ncn(CCCl)c(=O)c2cc1OC. The molecule has 0 unspecified atom stereocenters. The minimum atomic E-state index is -0.137. The standard InChI is InChI=1S/C12H13ClN2O3/c1-17-10-5-8-9(6-11(10)18-2)14-7-15(4-3-13)12(8)16/h5-7H,3-4H2,1-2H3. The van der Waals surface area contributed by atoms with E-state index >= 15 is 0 Å². The van der Waals surface area contributed by atoms with Gasteiger partial charge in [-0.15, -0.1) is 11.6 Å². The predicted octanol–water partition coefficient (Wildman–Crippen LogP) is 1.65. The molecule has 2 aromatic rings. The summed E-state index contributed by atoms with van der Waals surface area (Å²) in [6.07, 6.45) is 1.49. The Morgan fingerprint density at radius 2 is 1.94 bits per heavy atom. The lowest BCUT2D eigenvalue weighted by atomic mass is 10.2.